The molecule has 106 valence electrons. The Morgan fingerprint density at radius 1 is 1.15 bits per heavy atom. The number of pyridine rings is 1. The molecule has 20 heavy (non-hydrogen) atoms. The summed E-state index contributed by atoms with van der Waals surface area (Å²) in [5.41, 5.74) is 5.54. The molecule has 1 heterocycles. The number of hydrogen-bond acceptors (Lipinski definition) is 5. The van der Waals surface area contributed by atoms with Crippen LogP contribution in [0, 0.1) is 6.92 Å². The lowest BCUT2D eigenvalue weighted by Crippen LogP contribution is -2.30. The van der Waals surface area contributed by atoms with Gasteiger partial charge in [-0.3, -0.25) is 10.8 Å². The number of aryl methyl sites for hydroxylation is 1. The maximum absolute atomic E-state index is 5.72. The number of nitrogens with one attached hydrogen (secondary N) is 1. The van der Waals surface area contributed by atoms with Crippen LogP contribution in [0.15, 0.2) is 36.5 Å². The van der Waals surface area contributed by atoms with Crippen LogP contribution in [0.25, 0.3) is 0 Å². The van der Waals surface area contributed by atoms with Crippen LogP contribution in [0.5, 0.6) is 11.5 Å². The number of rotatable bonds is 5. The van der Waals surface area contributed by atoms with E-state index < -0.39 is 0 Å². The minimum Gasteiger partial charge on any atom is -0.496 e. The fourth-order valence-corrected chi connectivity index (χ4v) is 2.17. The molecule has 0 amide bonds. The first-order valence-electron chi connectivity index (χ1n) is 6.30. The molecular formula is C15H19N3O2. The van der Waals surface area contributed by atoms with Crippen molar-refractivity contribution in [1.82, 2.24) is 10.4 Å². The number of hydrazine groups is 1. The Bertz CT molecular complexity index is 587. The highest BCUT2D eigenvalue weighted by Gasteiger charge is 2.21. The standard InChI is InChI=1S/C15H19N3O2/c1-10-6-7-11(13(9-10)20-3)14(18-16)15-12(19-2)5-4-8-17-15/h4-9,14,18H,16H2,1-3H3. The van der Waals surface area contributed by atoms with Crippen LogP contribution >= 0.6 is 0 Å². The number of nitrogens with zero attached hydrogens (tertiary/aromatic N) is 1. The summed E-state index contributed by atoms with van der Waals surface area (Å²) in [6.45, 7) is 2.01. The van der Waals surface area contributed by atoms with E-state index in [9.17, 15) is 0 Å². The van der Waals surface area contributed by atoms with Crippen molar-refractivity contribution in [3.63, 3.8) is 0 Å². The lowest BCUT2D eigenvalue weighted by Gasteiger charge is -2.20. The summed E-state index contributed by atoms with van der Waals surface area (Å²) in [5, 5.41) is 0. The van der Waals surface area contributed by atoms with Crippen molar-refractivity contribution in [2.75, 3.05) is 14.2 Å². The number of ether oxygens (including phenoxy) is 2. The number of aromatic nitrogens is 1. The first-order valence-corrected chi connectivity index (χ1v) is 6.30. The molecular weight excluding hydrogens is 254 g/mol. The van der Waals surface area contributed by atoms with Gasteiger partial charge in [-0.15, -0.1) is 0 Å². The lowest BCUT2D eigenvalue weighted by molar-refractivity contribution is 0.390. The number of hydrogen-bond donors (Lipinski definition) is 2. The molecule has 0 aliphatic rings. The average Bonchev–Trinajstić information content (AvgIpc) is 2.49. The Morgan fingerprint density at radius 3 is 2.55 bits per heavy atom. The van der Waals surface area contributed by atoms with Gasteiger partial charge in [-0.1, -0.05) is 12.1 Å². The Kier molecular flexibility index (Phi) is 4.55. The lowest BCUT2D eigenvalue weighted by atomic mass is 10.0. The van der Waals surface area contributed by atoms with Crippen LogP contribution < -0.4 is 20.7 Å². The van der Waals surface area contributed by atoms with E-state index in [-0.39, 0.29) is 6.04 Å². The molecule has 2 rings (SSSR count). The van der Waals surface area contributed by atoms with Crippen molar-refractivity contribution in [2.24, 2.45) is 5.84 Å². The molecule has 1 atom stereocenters. The SMILES string of the molecule is COc1cc(C)ccc1C(NN)c1ncccc1OC. The largest absolute Gasteiger partial charge is 0.496 e. The van der Waals surface area contributed by atoms with Crippen LogP contribution in [-0.2, 0) is 0 Å². The molecule has 2 aromatic rings. The first kappa shape index (κ1) is 14.3. The predicted octanol–water partition coefficient (Wildman–Crippen LogP) is 1.96. The van der Waals surface area contributed by atoms with Gasteiger partial charge < -0.3 is 9.47 Å². The number of benzene rings is 1. The van der Waals surface area contributed by atoms with Gasteiger partial charge in [-0.2, -0.15) is 0 Å². The molecule has 1 aromatic carbocycles. The van der Waals surface area contributed by atoms with Crippen molar-refractivity contribution >= 4 is 0 Å². The van der Waals surface area contributed by atoms with Crippen LogP contribution in [0.1, 0.15) is 22.9 Å². The second-order valence-corrected chi connectivity index (χ2v) is 4.44. The number of nitrogens with two attached hydrogens (primary N) is 1. The van der Waals surface area contributed by atoms with Gasteiger partial charge in [0.2, 0.25) is 0 Å². The fraction of sp³-hybridized carbons (Fsp3) is 0.267. The zero-order valence-electron chi connectivity index (χ0n) is 11.9. The summed E-state index contributed by atoms with van der Waals surface area (Å²) in [6.07, 6.45) is 1.71. The van der Waals surface area contributed by atoms with E-state index in [2.05, 4.69) is 10.4 Å². The molecule has 0 saturated heterocycles. The van der Waals surface area contributed by atoms with E-state index in [1.807, 2.05) is 37.3 Å². The summed E-state index contributed by atoms with van der Waals surface area (Å²) in [7, 11) is 3.25. The van der Waals surface area contributed by atoms with E-state index in [4.69, 9.17) is 15.3 Å². The maximum Gasteiger partial charge on any atom is 0.142 e. The Morgan fingerprint density at radius 2 is 1.90 bits per heavy atom. The molecule has 0 bridgehead atoms. The van der Waals surface area contributed by atoms with Crippen molar-refractivity contribution in [1.29, 1.82) is 0 Å². The van der Waals surface area contributed by atoms with Crippen molar-refractivity contribution < 1.29 is 9.47 Å². The summed E-state index contributed by atoms with van der Waals surface area (Å²) in [6, 6.07) is 9.33. The monoisotopic (exact) mass is 273 g/mol. The summed E-state index contributed by atoms with van der Waals surface area (Å²) < 4.78 is 10.8. The average molecular weight is 273 g/mol. The normalized spacial score (nSPS) is 12.0. The van der Waals surface area contributed by atoms with Crippen molar-refractivity contribution in [3.05, 3.63) is 53.3 Å². The highest BCUT2D eigenvalue weighted by molar-refractivity contribution is 5.45. The van der Waals surface area contributed by atoms with E-state index in [1.54, 1.807) is 20.4 Å². The van der Waals surface area contributed by atoms with Gasteiger partial charge in [-0.05, 0) is 30.7 Å². The van der Waals surface area contributed by atoms with Gasteiger partial charge in [-0.25, -0.2) is 5.43 Å². The molecule has 5 heteroatoms. The van der Waals surface area contributed by atoms with Crippen LogP contribution in [-0.4, -0.2) is 19.2 Å². The van der Waals surface area contributed by atoms with Crippen LogP contribution in [0.3, 0.4) is 0 Å². The van der Waals surface area contributed by atoms with Gasteiger partial charge in [0, 0.05) is 11.8 Å². The highest BCUT2D eigenvalue weighted by Crippen LogP contribution is 2.33. The van der Waals surface area contributed by atoms with Gasteiger partial charge in [0.25, 0.3) is 0 Å². The highest BCUT2D eigenvalue weighted by atomic mass is 16.5. The molecule has 0 saturated carbocycles. The molecule has 0 spiro atoms. The van der Waals surface area contributed by atoms with Crippen molar-refractivity contribution in [3.8, 4) is 11.5 Å². The zero-order chi connectivity index (χ0) is 14.5. The third kappa shape index (κ3) is 2.74. The summed E-state index contributed by atoms with van der Waals surface area (Å²) in [5.74, 6) is 7.16. The van der Waals surface area contributed by atoms with E-state index in [1.165, 1.54) is 0 Å². The topological polar surface area (TPSA) is 69.4 Å². The third-order valence-electron chi connectivity index (χ3n) is 3.16. The Labute approximate surface area is 118 Å². The van der Waals surface area contributed by atoms with Gasteiger partial charge in [0.1, 0.15) is 17.2 Å². The van der Waals surface area contributed by atoms with Crippen LogP contribution in [0.2, 0.25) is 0 Å². The van der Waals surface area contributed by atoms with E-state index in [0.717, 1.165) is 22.6 Å². The van der Waals surface area contributed by atoms with E-state index >= 15 is 0 Å². The van der Waals surface area contributed by atoms with E-state index in [0.29, 0.717) is 5.75 Å². The number of methoxy groups -OCH3 is 2. The van der Waals surface area contributed by atoms with Gasteiger partial charge in [0.15, 0.2) is 0 Å². The quantitative estimate of drug-likeness (QED) is 0.644. The second kappa shape index (κ2) is 6.36. The Hall–Kier alpha value is -2.11. The molecule has 1 unspecified atom stereocenters. The molecule has 0 aliphatic heterocycles. The Balaban J connectivity index is 2.52. The molecule has 0 fully saturated rings. The fourth-order valence-electron chi connectivity index (χ4n) is 2.17. The van der Waals surface area contributed by atoms with Gasteiger partial charge >= 0.3 is 0 Å². The maximum atomic E-state index is 5.72. The van der Waals surface area contributed by atoms with Crippen LogP contribution in [0.4, 0.5) is 0 Å². The molecule has 0 aliphatic carbocycles. The zero-order valence-corrected chi connectivity index (χ0v) is 11.9. The second-order valence-electron chi connectivity index (χ2n) is 4.44. The third-order valence-corrected chi connectivity index (χ3v) is 3.16. The van der Waals surface area contributed by atoms with Crippen molar-refractivity contribution in [2.45, 2.75) is 13.0 Å². The van der Waals surface area contributed by atoms with Gasteiger partial charge in [0.05, 0.1) is 20.3 Å². The summed E-state index contributed by atoms with van der Waals surface area (Å²) in [4.78, 5) is 4.37. The molecule has 0 radical (unpaired) electrons. The molecule has 3 N–H and O–H groups in total. The first-order chi connectivity index (χ1) is 9.71. The molecule has 1 aromatic heterocycles. The smallest absolute Gasteiger partial charge is 0.142 e. The molecule has 5 nitrogen and oxygen atoms in total. The predicted molar refractivity (Wildman–Crippen MR) is 77.7 cm³/mol. The summed E-state index contributed by atoms with van der Waals surface area (Å²) >= 11 is 0. The minimum atomic E-state index is -0.304. The minimum absolute atomic E-state index is 0.304.